The van der Waals surface area contributed by atoms with Gasteiger partial charge in [0, 0.05) is 11.6 Å². The smallest absolute Gasteiger partial charge is 0.338 e. The van der Waals surface area contributed by atoms with Crippen molar-refractivity contribution >= 4 is 23.2 Å². The first kappa shape index (κ1) is 15.5. The third kappa shape index (κ3) is 3.35. The van der Waals surface area contributed by atoms with E-state index in [2.05, 4.69) is 10.1 Å². The van der Waals surface area contributed by atoms with E-state index in [0.29, 0.717) is 16.2 Å². The minimum atomic E-state index is -0.513. The molecule has 3 rings (SSSR count). The van der Waals surface area contributed by atoms with Crippen molar-refractivity contribution in [3.05, 3.63) is 53.3 Å². The van der Waals surface area contributed by atoms with E-state index < -0.39 is 5.60 Å². The van der Waals surface area contributed by atoms with Crippen molar-refractivity contribution in [1.82, 2.24) is 14.6 Å². The third-order valence-electron chi connectivity index (χ3n) is 3.14. The summed E-state index contributed by atoms with van der Waals surface area (Å²) in [6, 6.07) is 8.91. The molecule has 5 nitrogen and oxygen atoms in total. The van der Waals surface area contributed by atoms with Gasteiger partial charge in [0.15, 0.2) is 5.65 Å². The van der Waals surface area contributed by atoms with Crippen LogP contribution in [0.4, 0.5) is 0 Å². The number of hydrogen-bond donors (Lipinski definition) is 0. The molecule has 0 unspecified atom stereocenters. The molecule has 0 radical (unpaired) electrons. The molecule has 2 aromatic heterocycles. The van der Waals surface area contributed by atoms with Crippen molar-refractivity contribution in [2.45, 2.75) is 26.4 Å². The van der Waals surface area contributed by atoms with Crippen LogP contribution in [0.5, 0.6) is 0 Å². The lowest BCUT2D eigenvalue weighted by Crippen LogP contribution is -2.23. The molecule has 0 fully saturated rings. The molecule has 0 N–H and O–H groups in total. The van der Waals surface area contributed by atoms with E-state index in [1.165, 1.54) is 0 Å². The standard InChI is InChI=1S/C17H16ClN3O2/c1-17(2,3)23-16(22)12-6-4-11(5-7-12)14-10-19-15-8-13(18)9-20-21(14)15/h4-10H,1-3H3. The molecule has 6 heteroatoms. The summed E-state index contributed by atoms with van der Waals surface area (Å²) < 4.78 is 7.06. The first-order valence-corrected chi connectivity index (χ1v) is 7.54. The molecule has 3 aromatic rings. The Bertz CT molecular complexity index is 864. The number of aromatic nitrogens is 3. The van der Waals surface area contributed by atoms with Crippen LogP contribution in [0.2, 0.25) is 5.02 Å². The zero-order valence-electron chi connectivity index (χ0n) is 13.1. The number of fused-ring (bicyclic) bond motifs is 1. The van der Waals surface area contributed by atoms with E-state index in [4.69, 9.17) is 16.3 Å². The zero-order chi connectivity index (χ0) is 16.6. The van der Waals surface area contributed by atoms with Crippen LogP contribution in [0.1, 0.15) is 31.1 Å². The van der Waals surface area contributed by atoms with Gasteiger partial charge in [0.25, 0.3) is 0 Å². The Hall–Kier alpha value is -2.40. The number of hydrogen-bond acceptors (Lipinski definition) is 4. The lowest BCUT2D eigenvalue weighted by atomic mass is 10.1. The Kier molecular flexibility index (Phi) is 3.82. The Morgan fingerprint density at radius 2 is 1.87 bits per heavy atom. The molecule has 0 atom stereocenters. The number of ether oxygens (including phenoxy) is 1. The minimum Gasteiger partial charge on any atom is -0.456 e. The average Bonchev–Trinajstić information content (AvgIpc) is 2.88. The van der Waals surface area contributed by atoms with E-state index in [1.807, 2.05) is 32.9 Å². The van der Waals surface area contributed by atoms with Crippen LogP contribution in [0, 0.1) is 0 Å². The van der Waals surface area contributed by atoms with Gasteiger partial charge in [0.1, 0.15) is 5.60 Å². The maximum atomic E-state index is 12.0. The summed E-state index contributed by atoms with van der Waals surface area (Å²) in [6.07, 6.45) is 3.29. The molecule has 0 aliphatic heterocycles. The number of rotatable bonds is 2. The SMILES string of the molecule is CC(C)(C)OC(=O)c1ccc(-c2cnc3cc(Cl)cnn23)cc1. The molecule has 0 saturated carbocycles. The van der Waals surface area contributed by atoms with Crippen molar-refractivity contribution in [3.8, 4) is 11.3 Å². The van der Waals surface area contributed by atoms with Gasteiger partial charge in [0.05, 0.1) is 28.7 Å². The van der Waals surface area contributed by atoms with E-state index in [1.54, 1.807) is 35.1 Å². The number of carbonyl (C=O) groups is 1. The first-order chi connectivity index (χ1) is 10.8. The van der Waals surface area contributed by atoms with E-state index in [9.17, 15) is 4.79 Å². The Balaban J connectivity index is 1.91. The molecule has 0 bridgehead atoms. The quantitative estimate of drug-likeness (QED) is 0.667. The zero-order valence-corrected chi connectivity index (χ0v) is 13.8. The number of halogens is 1. The maximum Gasteiger partial charge on any atom is 0.338 e. The normalized spacial score (nSPS) is 11.7. The monoisotopic (exact) mass is 329 g/mol. The molecule has 0 aliphatic carbocycles. The van der Waals surface area contributed by atoms with Gasteiger partial charge in [-0.05, 0) is 32.9 Å². The molecule has 2 heterocycles. The number of carbonyl (C=O) groups excluding carboxylic acids is 1. The minimum absolute atomic E-state index is 0.341. The van der Waals surface area contributed by atoms with Crippen molar-refractivity contribution in [2.75, 3.05) is 0 Å². The van der Waals surface area contributed by atoms with Gasteiger partial charge in [0.2, 0.25) is 0 Å². The largest absolute Gasteiger partial charge is 0.456 e. The summed E-state index contributed by atoms with van der Waals surface area (Å²) in [5, 5.41) is 4.79. The summed E-state index contributed by atoms with van der Waals surface area (Å²) in [6.45, 7) is 5.53. The van der Waals surface area contributed by atoms with Gasteiger partial charge < -0.3 is 4.74 Å². The van der Waals surface area contributed by atoms with Gasteiger partial charge in [-0.3, -0.25) is 0 Å². The first-order valence-electron chi connectivity index (χ1n) is 7.16. The van der Waals surface area contributed by atoms with Crippen LogP contribution in [0.15, 0.2) is 42.7 Å². The number of benzene rings is 1. The molecule has 1 aromatic carbocycles. The van der Waals surface area contributed by atoms with Crippen molar-refractivity contribution < 1.29 is 9.53 Å². The fraction of sp³-hybridized carbons (Fsp3) is 0.235. The predicted octanol–water partition coefficient (Wildman–Crippen LogP) is 4.01. The summed E-state index contributed by atoms with van der Waals surface area (Å²) in [4.78, 5) is 16.3. The summed E-state index contributed by atoms with van der Waals surface area (Å²) in [7, 11) is 0. The van der Waals surface area contributed by atoms with Crippen LogP contribution in [-0.4, -0.2) is 26.2 Å². The van der Waals surface area contributed by atoms with E-state index in [0.717, 1.165) is 11.3 Å². The fourth-order valence-electron chi connectivity index (χ4n) is 2.16. The lowest BCUT2D eigenvalue weighted by Gasteiger charge is -2.19. The topological polar surface area (TPSA) is 56.5 Å². The van der Waals surface area contributed by atoms with Gasteiger partial charge >= 0.3 is 5.97 Å². The van der Waals surface area contributed by atoms with E-state index in [-0.39, 0.29) is 5.97 Å². The highest BCUT2D eigenvalue weighted by Gasteiger charge is 2.18. The molecule has 118 valence electrons. The molecular weight excluding hydrogens is 314 g/mol. The highest BCUT2D eigenvalue weighted by molar-refractivity contribution is 6.30. The highest BCUT2D eigenvalue weighted by atomic mass is 35.5. The van der Waals surface area contributed by atoms with Crippen LogP contribution < -0.4 is 0 Å². The second kappa shape index (κ2) is 5.66. The maximum absolute atomic E-state index is 12.0. The second-order valence-corrected chi connectivity index (χ2v) is 6.60. The van der Waals surface area contributed by atoms with Crippen molar-refractivity contribution in [1.29, 1.82) is 0 Å². The van der Waals surface area contributed by atoms with Gasteiger partial charge in [-0.1, -0.05) is 23.7 Å². The van der Waals surface area contributed by atoms with Crippen molar-refractivity contribution in [3.63, 3.8) is 0 Å². The summed E-state index contributed by atoms with van der Waals surface area (Å²) in [5.41, 5.74) is 2.39. The van der Waals surface area contributed by atoms with Gasteiger partial charge in [-0.25, -0.2) is 14.3 Å². The van der Waals surface area contributed by atoms with Crippen LogP contribution in [-0.2, 0) is 4.74 Å². The molecular formula is C17H16ClN3O2. The number of esters is 1. The average molecular weight is 330 g/mol. The Morgan fingerprint density at radius 1 is 1.17 bits per heavy atom. The lowest BCUT2D eigenvalue weighted by molar-refractivity contribution is 0.00696. The summed E-state index contributed by atoms with van der Waals surface area (Å²) in [5.74, 6) is -0.341. The molecule has 23 heavy (non-hydrogen) atoms. The third-order valence-corrected chi connectivity index (χ3v) is 3.35. The highest BCUT2D eigenvalue weighted by Crippen LogP contribution is 2.22. The second-order valence-electron chi connectivity index (χ2n) is 6.17. The molecule has 0 aliphatic rings. The van der Waals surface area contributed by atoms with Crippen LogP contribution >= 0.6 is 11.6 Å². The number of imidazole rings is 1. The fourth-order valence-corrected chi connectivity index (χ4v) is 2.31. The van der Waals surface area contributed by atoms with Gasteiger partial charge in [-0.2, -0.15) is 5.10 Å². The molecule has 0 saturated heterocycles. The van der Waals surface area contributed by atoms with Gasteiger partial charge in [-0.15, -0.1) is 0 Å². The number of nitrogens with zero attached hydrogens (tertiary/aromatic N) is 3. The predicted molar refractivity (Wildman–Crippen MR) is 88.6 cm³/mol. The summed E-state index contributed by atoms with van der Waals surface area (Å²) >= 11 is 5.92. The van der Waals surface area contributed by atoms with Crippen molar-refractivity contribution in [2.24, 2.45) is 0 Å². The van der Waals surface area contributed by atoms with E-state index >= 15 is 0 Å². The Labute approximate surface area is 138 Å². The van der Waals surface area contributed by atoms with Crippen LogP contribution in [0.3, 0.4) is 0 Å². The molecule has 0 spiro atoms. The van der Waals surface area contributed by atoms with Crippen LogP contribution in [0.25, 0.3) is 16.9 Å². The molecule has 0 amide bonds. The Morgan fingerprint density at radius 3 is 2.52 bits per heavy atom.